The topological polar surface area (TPSA) is 60.9 Å². The number of likely N-dealkylation sites (N-methyl/N-ethyl adjacent to an activating group) is 1. The Morgan fingerprint density at radius 3 is 2.69 bits per heavy atom. The SMILES string of the molecule is CN1CCN(CCCCCC(=O)O)CC1=O. The van der Waals surface area contributed by atoms with Crippen LogP contribution in [0.1, 0.15) is 25.7 Å². The fraction of sp³-hybridized carbons (Fsp3) is 0.818. The second kappa shape index (κ2) is 6.48. The third kappa shape index (κ3) is 4.61. The van der Waals surface area contributed by atoms with Gasteiger partial charge in [-0.3, -0.25) is 14.5 Å². The highest BCUT2D eigenvalue weighted by molar-refractivity contribution is 5.78. The maximum absolute atomic E-state index is 11.4. The summed E-state index contributed by atoms with van der Waals surface area (Å²) < 4.78 is 0. The highest BCUT2D eigenvalue weighted by Crippen LogP contribution is 2.05. The monoisotopic (exact) mass is 228 g/mol. The fourth-order valence-electron chi connectivity index (χ4n) is 1.79. The quantitative estimate of drug-likeness (QED) is 0.669. The molecule has 0 radical (unpaired) electrons. The first-order valence-electron chi connectivity index (χ1n) is 5.77. The second-order valence-corrected chi connectivity index (χ2v) is 4.30. The molecule has 1 heterocycles. The van der Waals surface area contributed by atoms with Crippen molar-refractivity contribution in [2.24, 2.45) is 0 Å². The molecule has 0 atom stereocenters. The molecule has 1 fully saturated rings. The van der Waals surface area contributed by atoms with Crippen LogP contribution in [0.25, 0.3) is 0 Å². The van der Waals surface area contributed by atoms with Crippen molar-refractivity contribution in [1.82, 2.24) is 9.80 Å². The predicted octanol–water partition coefficient (Wildman–Crippen LogP) is 0.405. The van der Waals surface area contributed by atoms with Crippen molar-refractivity contribution < 1.29 is 14.7 Å². The number of carbonyl (C=O) groups excluding carboxylic acids is 1. The van der Waals surface area contributed by atoms with Gasteiger partial charge in [0.2, 0.25) is 5.91 Å². The summed E-state index contributed by atoms with van der Waals surface area (Å²) in [4.78, 5) is 25.6. The van der Waals surface area contributed by atoms with Crippen molar-refractivity contribution in [2.45, 2.75) is 25.7 Å². The maximum Gasteiger partial charge on any atom is 0.303 e. The number of aliphatic carboxylic acids is 1. The summed E-state index contributed by atoms with van der Waals surface area (Å²) in [6.07, 6.45) is 2.88. The molecule has 0 aromatic heterocycles. The summed E-state index contributed by atoms with van der Waals surface area (Å²) >= 11 is 0. The van der Waals surface area contributed by atoms with E-state index < -0.39 is 5.97 Å². The molecule has 1 aliphatic heterocycles. The molecule has 1 rings (SSSR count). The van der Waals surface area contributed by atoms with E-state index in [1.165, 1.54) is 0 Å². The molecule has 0 aromatic rings. The number of carboxylic acids is 1. The molecule has 16 heavy (non-hydrogen) atoms. The first-order chi connectivity index (χ1) is 7.59. The molecule has 1 aliphatic rings. The molecule has 0 unspecified atom stereocenters. The minimum absolute atomic E-state index is 0.178. The van der Waals surface area contributed by atoms with Gasteiger partial charge in [-0.1, -0.05) is 6.42 Å². The van der Waals surface area contributed by atoms with Gasteiger partial charge in [0, 0.05) is 26.6 Å². The molecule has 1 saturated heterocycles. The van der Waals surface area contributed by atoms with E-state index in [-0.39, 0.29) is 12.3 Å². The van der Waals surface area contributed by atoms with E-state index in [0.717, 1.165) is 38.9 Å². The lowest BCUT2D eigenvalue weighted by Gasteiger charge is -2.31. The molecule has 1 N–H and O–H groups in total. The summed E-state index contributed by atoms with van der Waals surface area (Å²) in [5.41, 5.74) is 0. The number of carbonyl (C=O) groups is 2. The summed E-state index contributed by atoms with van der Waals surface area (Å²) in [6, 6.07) is 0. The third-order valence-corrected chi connectivity index (χ3v) is 2.90. The van der Waals surface area contributed by atoms with Crippen molar-refractivity contribution >= 4 is 11.9 Å². The Bertz CT molecular complexity index is 256. The van der Waals surface area contributed by atoms with Crippen LogP contribution in [0.3, 0.4) is 0 Å². The number of carboxylic acid groups (broad SMARTS) is 1. The number of piperazine rings is 1. The van der Waals surface area contributed by atoms with E-state index in [9.17, 15) is 9.59 Å². The third-order valence-electron chi connectivity index (χ3n) is 2.90. The zero-order valence-corrected chi connectivity index (χ0v) is 9.81. The Balaban J connectivity index is 2.05. The lowest BCUT2D eigenvalue weighted by molar-refractivity contribution is -0.137. The lowest BCUT2D eigenvalue weighted by atomic mass is 10.2. The second-order valence-electron chi connectivity index (χ2n) is 4.30. The van der Waals surface area contributed by atoms with Gasteiger partial charge in [0.1, 0.15) is 0 Å². The van der Waals surface area contributed by atoms with Crippen LogP contribution in [0.4, 0.5) is 0 Å². The van der Waals surface area contributed by atoms with Crippen LogP contribution in [-0.2, 0) is 9.59 Å². The largest absolute Gasteiger partial charge is 0.481 e. The minimum atomic E-state index is -0.727. The van der Waals surface area contributed by atoms with E-state index in [2.05, 4.69) is 4.90 Å². The summed E-state index contributed by atoms with van der Waals surface area (Å²) in [6.45, 7) is 3.14. The molecule has 0 aliphatic carbocycles. The van der Waals surface area contributed by atoms with Gasteiger partial charge in [-0.25, -0.2) is 0 Å². The van der Waals surface area contributed by atoms with Gasteiger partial charge in [0.25, 0.3) is 0 Å². The van der Waals surface area contributed by atoms with Gasteiger partial charge in [-0.15, -0.1) is 0 Å². The highest BCUT2D eigenvalue weighted by atomic mass is 16.4. The fourth-order valence-corrected chi connectivity index (χ4v) is 1.79. The number of hydrogen-bond donors (Lipinski definition) is 1. The molecular formula is C11H20N2O3. The van der Waals surface area contributed by atoms with Gasteiger partial charge < -0.3 is 10.0 Å². The lowest BCUT2D eigenvalue weighted by Crippen LogP contribution is -2.48. The van der Waals surface area contributed by atoms with Crippen molar-refractivity contribution in [3.63, 3.8) is 0 Å². The minimum Gasteiger partial charge on any atom is -0.481 e. The summed E-state index contributed by atoms with van der Waals surface area (Å²) in [5.74, 6) is -0.549. The van der Waals surface area contributed by atoms with Gasteiger partial charge in [0.15, 0.2) is 0 Å². The Hall–Kier alpha value is -1.10. The molecule has 1 amide bonds. The maximum atomic E-state index is 11.4. The molecule has 5 heteroatoms. The Morgan fingerprint density at radius 1 is 1.31 bits per heavy atom. The van der Waals surface area contributed by atoms with Crippen molar-refractivity contribution in [3.8, 4) is 0 Å². The normalized spacial score (nSPS) is 17.8. The Labute approximate surface area is 96.0 Å². The summed E-state index contributed by atoms with van der Waals surface area (Å²) in [5, 5.41) is 8.46. The van der Waals surface area contributed by atoms with Gasteiger partial charge in [-0.05, 0) is 19.4 Å². The molecule has 0 saturated carbocycles. The van der Waals surface area contributed by atoms with Gasteiger partial charge in [-0.2, -0.15) is 0 Å². The average Bonchev–Trinajstić information content (AvgIpc) is 2.22. The summed E-state index contributed by atoms with van der Waals surface area (Å²) in [7, 11) is 1.83. The van der Waals surface area contributed by atoms with Crippen LogP contribution in [0.15, 0.2) is 0 Å². The van der Waals surface area contributed by atoms with E-state index in [1.54, 1.807) is 4.90 Å². The first kappa shape index (κ1) is 13.0. The zero-order chi connectivity index (χ0) is 12.0. The van der Waals surface area contributed by atoms with Crippen molar-refractivity contribution in [2.75, 3.05) is 33.2 Å². The molecule has 0 spiro atoms. The molecule has 0 bridgehead atoms. The van der Waals surface area contributed by atoms with Gasteiger partial charge >= 0.3 is 5.97 Å². The number of rotatable bonds is 6. The van der Waals surface area contributed by atoms with Crippen molar-refractivity contribution in [3.05, 3.63) is 0 Å². The molecule has 92 valence electrons. The number of unbranched alkanes of at least 4 members (excludes halogenated alkanes) is 2. The molecule has 0 aromatic carbocycles. The van der Waals surface area contributed by atoms with E-state index in [1.807, 2.05) is 7.05 Å². The van der Waals surface area contributed by atoms with Crippen LogP contribution in [0.5, 0.6) is 0 Å². The average molecular weight is 228 g/mol. The first-order valence-corrected chi connectivity index (χ1v) is 5.77. The van der Waals surface area contributed by atoms with Crippen LogP contribution in [-0.4, -0.2) is 60.0 Å². The highest BCUT2D eigenvalue weighted by Gasteiger charge is 2.19. The van der Waals surface area contributed by atoms with Gasteiger partial charge in [0.05, 0.1) is 6.54 Å². The van der Waals surface area contributed by atoms with Crippen LogP contribution < -0.4 is 0 Å². The number of amides is 1. The number of nitrogens with zero attached hydrogens (tertiary/aromatic N) is 2. The molecular weight excluding hydrogens is 208 g/mol. The zero-order valence-electron chi connectivity index (χ0n) is 9.81. The van der Waals surface area contributed by atoms with Crippen LogP contribution in [0.2, 0.25) is 0 Å². The van der Waals surface area contributed by atoms with E-state index in [0.29, 0.717) is 6.54 Å². The van der Waals surface area contributed by atoms with Crippen LogP contribution in [0, 0.1) is 0 Å². The predicted molar refractivity (Wildman–Crippen MR) is 60.2 cm³/mol. The van der Waals surface area contributed by atoms with Crippen molar-refractivity contribution in [1.29, 1.82) is 0 Å². The Morgan fingerprint density at radius 2 is 2.06 bits per heavy atom. The van der Waals surface area contributed by atoms with E-state index >= 15 is 0 Å². The number of hydrogen-bond acceptors (Lipinski definition) is 3. The Kier molecular flexibility index (Phi) is 5.25. The van der Waals surface area contributed by atoms with Crippen LogP contribution >= 0.6 is 0 Å². The smallest absolute Gasteiger partial charge is 0.303 e. The van der Waals surface area contributed by atoms with E-state index in [4.69, 9.17) is 5.11 Å². The molecule has 5 nitrogen and oxygen atoms in total. The standard InChI is InChI=1S/C11H20N2O3/c1-12-7-8-13(9-10(12)14)6-4-2-3-5-11(15)16/h2-9H2,1H3,(H,15,16).